The number of primary amides is 1. The lowest BCUT2D eigenvalue weighted by Gasteiger charge is -2.41. The Bertz CT molecular complexity index is 1300. The topological polar surface area (TPSA) is 132 Å². The lowest BCUT2D eigenvalue weighted by atomic mass is 9.77. The highest BCUT2D eigenvalue weighted by Crippen LogP contribution is 2.33. The minimum absolute atomic E-state index is 0.121. The molecule has 1 unspecified atom stereocenters. The molecule has 2 atom stereocenters. The van der Waals surface area contributed by atoms with Crippen molar-refractivity contribution in [1.82, 2.24) is 10.3 Å². The van der Waals surface area contributed by atoms with Crippen molar-refractivity contribution in [3.8, 4) is 0 Å². The van der Waals surface area contributed by atoms with Gasteiger partial charge in [0, 0.05) is 6.04 Å². The van der Waals surface area contributed by atoms with Gasteiger partial charge in [-0.05, 0) is 37.0 Å². The standard InChI is InChI=1S/C28H35N3O5S/c1-2-11-22(25(32)26-30-23-16-9-10-17-24(23)36-26)28(27(29)33,31-21-14-7-4-8-15-21)19-37(34,35)18-20-12-5-3-6-13-20/h3,5-6,9-10,12-13,16-17,21-22,31H,2,4,7-8,11,14-15,18-19H2,1H3,(H2,29,33)/t22-,28?/m1/s1. The Morgan fingerprint density at radius 3 is 2.41 bits per heavy atom. The highest BCUT2D eigenvalue weighted by molar-refractivity contribution is 7.90. The van der Waals surface area contributed by atoms with Gasteiger partial charge in [-0.15, -0.1) is 0 Å². The molecule has 198 valence electrons. The number of carbonyl (C=O) groups excluding carboxylic acids is 2. The Kier molecular flexibility index (Phi) is 8.44. The van der Waals surface area contributed by atoms with Crippen molar-refractivity contribution >= 4 is 32.6 Å². The summed E-state index contributed by atoms with van der Waals surface area (Å²) in [6.45, 7) is 1.89. The molecule has 1 fully saturated rings. The van der Waals surface area contributed by atoms with Crippen LogP contribution in [0.4, 0.5) is 0 Å². The number of rotatable bonds is 12. The fourth-order valence-electron chi connectivity index (χ4n) is 5.41. The minimum atomic E-state index is -3.86. The number of Topliss-reactive ketones (excluding diaryl/α,β-unsaturated/α-hetero) is 1. The number of aromatic nitrogens is 1. The number of nitrogens with two attached hydrogens (primary N) is 1. The number of sulfone groups is 1. The zero-order valence-corrected chi connectivity index (χ0v) is 22.0. The number of hydrogen-bond donors (Lipinski definition) is 2. The van der Waals surface area contributed by atoms with Crippen molar-refractivity contribution < 1.29 is 22.4 Å². The van der Waals surface area contributed by atoms with Crippen LogP contribution in [0, 0.1) is 5.92 Å². The van der Waals surface area contributed by atoms with E-state index >= 15 is 0 Å². The first-order valence-electron chi connectivity index (χ1n) is 13.0. The largest absolute Gasteiger partial charge is 0.434 e. The molecule has 2 aromatic carbocycles. The third kappa shape index (κ3) is 6.27. The number of oxazole rings is 1. The second kappa shape index (κ2) is 11.6. The number of para-hydroxylation sites is 2. The Balaban J connectivity index is 1.77. The van der Waals surface area contributed by atoms with Gasteiger partial charge in [0.05, 0.1) is 17.4 Å². The molecule has 9 heteroatoms. The van der Waals surface area contributed by atoms with E-state index in [-0.39, 0.29) is 24.1 Å². The van der Waals surface area contributed by atoms with Crippen LogP contribution >= 0.6 is 0 Å². The summed E-state index contributed by atoms with van der Waals surface area (Å²) >= 11 is 0. The van der Waals surface area contributed by atoms with Gasteiger partial charge in [-0.3, -0.25) is 14.9 Å². The van der Waals surface area contributed by atoms with Gasteiger partial charge in [0.2, 0.25) is 11.7 Å². The molecule has 1 aromatic heterocycles. The van der Waals surface area contributed by atoms with Crippen LogP contribution in [0.3, 0.4) is 0 Å². The van der Waals surface area contributed by atoms with Crippen molar-refractivity contribution in [3.63, 3.8) is 0 Å². The monoisotopic (exact) mass is 525 g/mol. The first-order chi connectivity index (χ1) is 17.7. The molecule has 4 rings (SSSR count). The first-order valence-corrected chi connectivity index (χ1v) is 14.8. The number of ketones is 1. The number of benzene rings is 2. The minimum Gasteiger partial charge on any atom is -0.434 e. The van der Waals surface area contributed by atoms with E-state index in [1.165, 1.54) is 0 Å². The first kappa shape index (κ1) is 27.0. The van der Waals surface area contributed by atoms with Crippen LogP contribution in [0.15, 0.2) is 59.0 Å². The number of hydrogen-bond acceptors (Lipinski definition) is 7. The van der Waals surface area contributed by atoms with Crippen LogP contribution in [0.5, 0.6) is 0 Å². The Morgan fingerprint density at radius 1 is 1.08 bits per heavy atom. The van der Waals surface area contributed by atoms with Gasteiger partial charge in [0.1, 0.15) is 11.1 Å². The van der Waals surface area contributed by atoms with Gasteiger partial charge in [-0.2, -0.15) is 0 Å². The van der Waals surface area contributed by atoms with E-state index in [2.05, 4.69) is 10.3 Å². The van der Waals surface area contributed by atoms with Gasteiger partial charge in [0.15, 0.2) is 15.4 Å². The molecular formula is C28H35N3O5S. The molecule has 3 N–H and O–H groups in total. The average Bonchev–Trinajstić information content (AvgIpc) is 3.31. The number of fused-ring (bicyclic) bond motifs is 1. The molecule has 0 aliphatic heterocycles. The Labute approximate surface area is 217 Å². The third-order valence-corrected chi connectivity index (χ3v) is 8.85. The van der Waals surface area contributed by atoms with E-state index in [1.807, 2.05) is 13.0 Å². The highest BCUT2D eigenvalue weighted by Gasteiger charge is 2.52. The third-order valence-electron chi connectivity index (χ3n) is 7.18. The van der Waals surface area contributed by atoms with Crippen molar-refractivity contribution in [3.05, 3.63) is 66.1 Å². The smallest absolute Gasteiger partial charge is 0.264 e. The molecule has 1 saturated carbocycles. The maximum Gasteiger partial charge on any atom is 0.264 e. The summed E-state index contributed by atoms with van der Waals surface area (Å²) in [5, 5.41) is 3.34. The summed E-state index contributed by atoms with van der Waals surface area (Å²) in [6, 6.07) is 15.7. The molecule has 1 amide bonds. The normalized spacial score (nSPS) is 17.3. The fraction of sp³-hybridized carbons (Fsp3) is 0.464. The second-order valence-electron chi connectivity index (χ2n) is 10.0. The molecule has 0 bridgehead atoms. The van der Waals surface area contributed by atoms with Crippen LogP contribution in [-0.4, -0.2) is 42.4 Å². The maximum absolute atomic E-state index is 13.9. The van der Waals surface area contributed by atoms with Crippen LogP contribution in [0.1, 0.15) is 68.1 Å². The predicted molar refractivity (Wildman–Crippen MR) is 143 cm³/mol. The molecule has 1 heterocycles. The van der Waals surface area contributed by atoms with E-state index in [4.69, 9.17) is 10.2 Å². The van der Waals surface area contributed by atoms with Crippen molar-refractivity contribution in [2.45, 2.75) is 69.2 Å². The average molecular weight is 526 g/mol. The van der Waals surface area contributed by atoms with Crippen molar-refractivity contribution in [2.24, 2.45) is 11.7 Å². The summed E-state index contributed by atoms with van der Waals surface area (Å²) in [5.74, 6) is -3.41. The van der Waals surface area contributed by atoms with E-state index in [9.17, 15) is 18.0 Å². The van der Waals surface area contributed by atoms with Crippen molar-refractivity contribution in [2.75, 3.05) is 5.75 Å². The molecule has 1 aliphatic carbocycles. The summed E-state index contributed by atoms with van der Waals surface area (Å²) in [5.41, 5.74) is 5.81. The summed E-state index contributed by atoms with van der Waals surface area (Å²) in [4.78, 5) is 31.6. The maximum atomic E-state index is 13.9. The summed E-state index contributed by atoms with van der Waals surface area (Å²) < 4.78 is 32.9. The van der Waals surface area contributed by atoms with E-state index in [0.717, 1.165) is 32.1 Å². The molecular weight excluding hydrogens is 490 g/mol. The van der Waals surface area contributed by atoms with Gasteiger partial charge in [0.25, 0.3) is 5.89 Å². The van der Waals surface area contributed by atoms with E-state index < -0.39 is 38.7 Å². The van der Waals surface area contributed by atoms with E-state index in [0.29, 0.717) is 23.1 Å². The Morgan fingerprint density at radius 2 is 1.76 bits per heavy atom. The second-order valence-corrected chi connectivity index (χ2v) is 12.1. The number of nitrogens with zero attached hydrogens (tertiary/aromatic N) is 1. The number of nitrogens with one attached hydrogen (secondary N) is 1. The lowest BCUT2D eigenvalue weighted by molar-refractivity contribution is -0.125. The van der Waals surface area contributed by atoms with Crippen LogP contribution in [0.25, 0.3) is 11.1 Å². The van der Waals surface area contributed by atoms with Crippen LogP contribution in [0.2, 0.25) is 0 Å². The van der Waals surface area contributed by atoms with Gasteiger partial charge in [-0.1, -0.05) is 75.1 Å². The van der Waals surface area contributed by atoms with Crippen LogP contribution in [-0.2, 0) is 20.4 Å². The lowest BCUT2D eigenvalue weighted by Crippen LogP contribution is -2.68. The number of amides is 1. The molecule has 8 nitrogen and oxygen atoms in total. The fourth-order valence-corrected chi connectivity index (χ4v) is 7.33. The van der Waals surface area contributed by atoms with Gasteiger partial charge >= 0.3 is 0 Å². The number of carbonyl (C=O) groups is 2. The quantitative estimate of drug-likeness (QED) is 0.339. The summed E-state index contributed by atoms with van der Waals surface area (Å²) in [6.07, 6.45) is 5.35. The molecule has 37 heavy (non-hydrogen) atoms. The van der Waals surface area contributed by atoms with Gasteiger partial charge in [-0.25, -0.2) is 13.4 Å². The molecule has 0 radical (unpaired) electrons. The Hall–Kier alpha value is -3.04. The SMILES string of the molecule is CCC[C@H](C(=O)c1nc2ccccc2o1)C(CS(=O)(=O)Cc1ccccc1)(NC1CCCCC1)C(N)=O. The molecule has 3 aromatic rings. The zero-order chi connectivity index (χ0) is 26.5. The zero-order valence-electron chi connectivity index (χ0n) is 21.2. The summed E-state index contributed by atoms with van der Waals surface area (Å²) in [7, 11) is -3.86. The van der Waals surface area contributed by atoms with Crippen LogP contribution < -0.4 is 11.1 Å². The predicted octanol–water partition coefficient (Wildman–Crippen LogP) is 4.19. The molecule has 0 saturated heterocycles. The van der Waals surface area contributed by atoms with E-state index in [1.54, 1.807) is 48.5 Å². The molecule has 1 aliphatic rings. The van der Waals surface area contributed by atoms with Crippen molar-refractivity contribution in [1.29, 1.82) is 0 Å². The molecule has 0 spiro atoms. The highest BCUT2D eigenvalue weighted by atomic mass is 32.2. The van der Waals surface area contributed by atoms with Gasteiger partial charge < -0.3 is 10.2 Å².